The first-order chi connectivity index (χ1) is 15.0. The maximum absolute atomic E-state index is 12.7. The number of allylic oxidation sites excluding steroid dienone is 2. The van der Waals surface area contributed by atoms with E-state index in [1.807, 2.05) is 49.4 Å². The lowest BCUT2D eigenvalue weighted by Crippen LogP contribution is -2.28. The number of benzene rings is 2. The highest BCUT2D eigenvalue weighted by molar-refractivity contribution is 8.02. The third kappa shape index (κ3) is 4.98. The van der Waals surface area contributed by atoms with Gasteiger partial charge in [-0.15, -0.1) is 11.8 Å². The van der Waals surface area contributed by atoms with Crippen molar-refractivity contribution in [2.75, 3.05) is 6.61 Å². The fourth-order valence-corrected chi connectivity index (χ4v) is 4.45. The van der Waals surface area contributed by atoms with E-state index in [4.69, 9.17) is 10.5 Å². The number of nitrogens with one attached hydrogen (secondary N) is 1. The second-order valence-electron chi connectivity index (χ2n) is 6.93. The standard InChI is InChI=1S/C24H23N3O3S/c1-3-30-24(29)20-15(2)27-23(19(13-25)21(20)17-7-5-4-6-8-17)31-14-16-9-11-18(12-10-16)22(26)28/h4-12,21,27H,3,14H2,1-2H3,(H2,26,28). The molecule has 1 aliphatic rings. The molecule has 1 heterocycles. The number of hydrogen-bond donors (Lipinski definition) is 2. The van der Waals surface area contributed by atoms with Gasteiger partial charge in [-0.3, -0.25) is 4.79 Å². The lowest BCUT2D eigenvalue weighted by Gasteiger charge is -2.29. The number of ether oxygens (including phenoxy) is 1. The molecular weight excluding hydrogens is 410 g/mol. The van der Waals surface area contributed by atoms with Gasteiger partial charge in [0, 0.05) is 17.0 Å². The second-order valence-corrected chi connectivity index (χ2v) is 7.92. The molecule has 0 saturated heterocycles. The number of primary amides is 1. The molecule has 31 heavy (non-hydrogen) atoms. The molecule has 1 atom stereocenters. The summed E-state index contributed by atoms with van der Waals surface area (Å²) in [5.41, 5.74) is 9.16. The summed E-state index contributed by atoms with van der Waals surface area (Å²) in [6.07, 6.45) is 0. The molecule has 7 heteroatoms. The molecule has 3 N–H and O–H groups in total. The molecule has 1 unspecified atom stereocenters. The van der Waals surface area contributed by atoms with E-state index >= 15 is 0 Å². The van der Waals surface area contributed by atoms with Crippen LogP contribution in [-0.2, 0) is 15.3 Å². The second kappa shape index (κ2) is 10.0. The van der Waals surface area contributed by atoms with Crippen molar-refractivity contribution < 1.29 is 14.3 Å². The number of rotatable bonds is 7. The molecule has 1 amide bonds. The number of esters is 1. The van der Waals surface area contributed by atoms with Crippen LogP contribution < -0.4 is 11.1 Å². The van der Waals surface area contributed by atoms with Gasteiger partial charge < -0.3 is 15.8 Å². The van der Waals surface area contributed by atoms with Crippen molar-refractivity contribution >= 4 is 23.6 Å². The lowest BCUT2D eigenvalue weighted by atomic mass is 9.82. The Hall–Kier alpha value is -3.50. The third-order valence-electron chi connectivity index (χ3n) is 4.90. The highest BCUT2D eigenvalue weighted by Crippen LogP contribution is 2.41. The Bertz CT molecular complexity index is 1080. The molecule has 0 aliphatic carbocycles. The van der Waals surface area contributed by atoms with Crippen LogP contribution in [0.15, 0.2) is 76.5 Å². The van der Waals surface area contributed by atoms with Crippen LogP contribution >= 0.6 is 11.8 Å². The predicted molar refractivity (Wildman–Crippen MR) is 121 cm³/mol. The number of nitrogens with zero attached hydrogens (tertiary/aromatic N) is 1. The quantitative estimate of drug-likeness (QED) is 0.640. The van der Waals surface area contributed by atoms with Crippen LogP contribution in [-0.4, -0.2) is 18.5 Å². The average Bonchev–Trinajstić information content (AvgIpc) is 2.78. The molecule has 0 bridgehead atoms. The maximum Gasteiger partial charge on any atom is 0.336 e. The first-order valence-electron chi connectivity index (χ1n) is 9.81. The summed E-state index contributed by atoms with van der Waals surface area (Å²) in [7, 11) is 0. The van der Waals surface area contributed by atoms with Gasteiger partial charge in [-0.05, 0) is 37.1 Å². The fourth-order valence-electron chi connectivity index (χ4n) is 3.41. The number of dihydropyridines is 1. The van der Waals surface area contributed by atoms with Crippen LogP contribution in [0.25, 0.3) is 0 Å². The molecule has 1 aliphatic heterocycles. The first-order valence-corrected chi connectivity index (χ1v) is 10.8. The van der Waals surface area contributed by atoms with Crippen molar-refractivity contribution in [3.63, 3.8) is 0 Å². The molecule has 2 aromatic carbocycles. The minimum atomic E-state index is -0.508. The van der Waals surface area contributed by atoms with Gasteiger partial charge in [0.2, 0.25) is 5.91 Å². The van der Waals surface area contributed by atoms with Crippen LogP contribution in [0.1, 0.15) is 41.3 Å². The minimum absolute atomic E-state index is 0.256. The average molecular weight is 434 g/mol. The van der Waals surface area contributed by atoms with Crippen LogP contribution in [0.5, 0.6) is 0 Å². The van der Waals surface area contributed by atoms with E-state index in [0.717, 1.165) is 11.1 Å². The molecule has 0 spiro atoms. The molecule has 0 saturated carbocycles. The Labute approximate surface area is 185 Å². The number of nitriles is 1. The van der Waals surface area contributed by atoms with E-state index in [2.05, 4.69) is 11.4 Å². The SMILES string of the molecule is CCOC(=O)C1=C(C)NC(SCc2ccc(C(N)=O)cc2)=C(C#N)C1c1ccccc1. The predicted octanol–water partition coefficient (Wildman–Crippen LogP) is 3.98. The van der Waals surface area contributed by atoms with Crippen LogP contribution in [0, 0.1) is 11.3 Å². The zero-order valence-corrected chi connectivity index (χ0v) is 18.2. The summed E-state index contributed by atoms with van der Waals surface area (Å²) in [6.45, 7) is 3.83. The number of amides is 1. The normalized spacial score (nSPS) is 15.8. The molecule has 0 radical (unpaired) electrons. The summed E-state index contributed by atoms with van der Waals surface area (Å²) in [5.74, 6) is -0.831. The Morgan fingerprint density at radius 1 is 1.16 bits per heavy atom. The van der Waals surface area contributed by atoms with Gasteiger partial charge in [0.15, 0.2) is 0 Å². The fraction of sp³-hybridized carbons (Fsp3) is 0.208. The highest BCUT2D eigenvalue weighted by atomic mass is 32.2. The molecule has 0 fully saturated rings. The summed E-state index contributed by atoms with van der Waals surface area (Å²) in [4.78, 5) is 24.0. The summed E-state index contributed by atoms with van der Waals surface area (Å²) in [6, 6.07) is 18.8. The molecule has 3 rings (SSSR count). The molecule has 6 nitrogen and oxygen atoms in total. The van der Waals surface area contributed by atoms with Gasteiger partial charge in [0.05, 0.1) is 34.8 Å². The zero-order valence-electron chi connectivity index (χ0n) is 17.3. The van der Waals surface area contributed by atoms with Crippen molar-refractivity contribution in [3.8, 4) is 6.07 Å². The molecule has 2 aromatic rings. The number of carbonyl (C=O) groups is 2. The number of thioether (sulfide) groups is 1. The minimum Gasteiger partial charge on any atom is -0.463 e. The van der Waals surface area contributed by atoms with Crippen LogP contribution in [0.3, 0.4) is 0 Å². The van der Waals surface area contributed by atoms with Gasteiger partial charge in [0.1, 0.15) is 0 Å². The van der Waals surface area contributed by atoms with Gasteiger partial charge in [-0.1, -0.05) is 42.5 Å². The lowest BCUT2D eigenvalue weighted by molar-refractivity contribution is -0.138. The number of carbonyl (C=O) groups excluding carboxylic acids is 2. The molecule has 0 aromatic heterocycles. The van der Waals surface area contributed by atoms with Crippen molar-refractivity contribution in [1.29, 1.82) is 5.26 Å². The van der Waals surface area contributed by atoms with Crippen molar-refractivity contribution in [3.05, 3.63) is 93.2 Å². The van der Waals surface area contributed by atoms with Gasteiger partial charge in [-0.2, -0.15) is 5.26 Å². The Morgan fingerprint density at radius 3 is 2.42 bits per heavy atom. The van der Waals surface area contributed by atoms with Gasteiger partial charge >= 0.3 is 5.97 Å². The van der Waals surface area contributed by atoms with E-state index in [1.165, 1.54) is 11.8 Å². The van der Waals surface area contributed by atoms with Crippen molar-refractivity contribution in [2.24, 2.45) is 5.73 Å². The van der Waals surface area contributed by atoms with E-state index in [9.17, 15) is 14.9 Å². The summed E-state index contributed by atoms with van der Waals surface area (Å²) >= 11 is 1.47. The van der Waals surface area contributed by atoms with E-state index < -0.39 is 17.8 Å². The Kier molecular flexibility index (Phi) is 7.16. The molecular formula is C24H23N3O3S. The monoisotopic (exact) mass is 433 g/mol. The van der Waals surface area contributed by atoms with Gasteiger partial charge in [-0.25, -0.2) is 4.79 Å². The topological polar surface area (TPSA) is 105 Å². The highest BCUT2D eigenvalue weighted by Gasteiger charge is 2.35. The number of hydrogen-bond acceptors (Lipinski definition) is 6. The van der Waals surface area contributed by atoms with Crippen LogP contribution in [0.4, 0.5) is 0 Å². The smallest absolute Gasteiger partial charge is 0.336 e. The van der Waals surface area contributed by atoms with Crippen molar-refractivity contribution in [1.82, 2.24) is 5.32 Å². The van der Waals surface area contributed by atoms with E-state index in [-0.39, 0.29) is 6.61 Å². The first kappa shape index (κ1) is 22.2. The van der Waals surface area contributed by atoms with Crippen molar-refractivity contribution in [2.45, 2.75) is 25.5 Å². The van der Waals surface area contributed by atoms with Gasteiger partial charge in [0.25, 0.3) is 0 Å². The third-order valence-corrected chi connectivity index (χ3v) is 5.99. The summed E-state index contributed by atoms with van der Waals surface area (Å²) < 4.78 is 5.28. The zero-order chi connectivity index (χ0) is 22.4. The maximum atomic E-state index is 12.7. The molecule has 158 valence electrons. The Morgan fingerprint density at radius 2 is 1.84 bits per heavy atom. The summed E-state index contributed by atoms with van der Waals surface area (Å²) in [5, 5.41) is 13.9. The largest absolute Gasteiger partial charge is 0.463 e. The number of nitrogens with two attached hydrogens (primary N) is 1. The van der Waals surface area contributed by atoms with E-state index in [0.29, 0.717) is 33.2 Å². The van der Waals surface area contributed by atoms with Crippen LogP contribution in [0.2, 0.25) is 0 Å². The van der Waals surface area contributed by atoms with E-state index in [1.54, 1.807) is 19.1 Å². The Balaban J connectivity index is 1.95.